The first-order valence-electron chi connectivity index (χ1n) is 4.16. The lowest BCUT2D eigenvalue weighted by atomic mass is 10.3. The van der Waals surface area contributed by atoms with E-state index in [1.807, 2.05) is 6.92 Å². The standard InChI is InChI=1S/C9H11NO3S/c1-3-10(6(2)11)7-4-5-14-8(7)9(12)13/h4-5H,3H2,1-2H3,(H,12,13). The van der Waals surface area contributed by atoms with Crippen molar-refractivity contribution in [2.45, 2.75) is 13.8 Å². The summed E-state index contributed by atoms with van der Waals surface area (Å²) in [4.78, 5) is 23.6. The molecule has 0 unspecified atom stereocenters. The second-order valence-electron chi connectivity index (χ2n) is 2.70. The average Bonchev–Trinajstić information content (AvgIpc) is 2.53. The van der Waals surface area contributed by atoms with Crippen LogP contribution in [0.15, 0.2) is 11.4 Å². The summed E-state index contributed by atoms with van der Waals surface area (Å²) in [5, 5.41) is 10.5. The lowest BCUT2D eigenvalue weighted by Gasteiger charge is -2.17. The van der Waals surface area contributed by atoms with Crippen molar-refractivity contribution in [3.8, 4) is 0 Å². The van der Waals surface area contributed by atoms with Crippen molar-refractivity contribution in [1.29, 1.82) is 0 Å². The molecule has 0 aliphatic heterocycles. The number of carboxylic acid groups (broad SMARTS) is 1. The maximum absolute atomic E-state index is 11.2. The van der Waals surface area contributed by atoms with Crippen LogP contribution >= 0.6 is 11.3 Å². The molecular formula is C9H11NO3S. The van der Waals surface area contributed by atoms with Gasteiger partial charge in [-0.05, 0) is 18.4 Å². The number of carbonyl (C=O) groups is 2. The van der Waals surface area contributed by atoms with Crippen LogP contribution in [0.3, 0.4) is 0 Å². The molecule has 1 amide bonds. The fraction of sp³-hybridized carbons (Fsp3) is 0.333. The predicted octanol–water partition coefficient (Wildman–Crippen LogP) is 1.82. The molecule has 0 fully saturated rings. The third-order valence-electron chi connectivity index (χ3n) is 1.83. The molecule has 4 nitrogen and oxygen atoms in total. The summed E-state index contributed by atoms with van der Waals surface area (Å²) in [5.74, 6) is -1.14. The van der Waals surface area contributed by atoms with Crippen molar-refractivity contribution in [2.24, 2.45) is 0 Å². The van der Waals surface area contributed by atoms with Gasteiger partial charge in [-0.25, -0.2) is 4.79 Å². The highest BCUT2D eigenvalue weighted by Crippen LogP contribution is 2.26. The largest absolute Gasteiger partial charge is 0.477 e. The molecular weight excluding hydrogens is 202 g/mol. The van der Waals surface area contributed by atoms with Gasteiger partial charge in [0.1, 0.15) is 4.88 Å². The summed E-state index contributed by atoms with van der Waals surface area (Å²) in [6, 6.07) is 1.65. The minimum absolute atomic E-state index is 0.145. The Morgan fingerprint density at radius 1 is 1.57 bits per heavy atom. The van der Waals surface area contributed by atoms with Crippen molar-refractivity contribution in [1.82, 2.24) is 0 Å². The highest BCUT2D eigenvalue weighted by Gasteiger charge is 2.18. The number of carbonyl (C=O) groups excluding carboxylic acids is 1. The Labute approximate surface area is 85.8 Å². The van der Waals surface area contributed by atoms with Crippen LogP contribution in [-0.2, 0) is 4.79 Å². The molecule has 0 radical (unpaired) electrons. The summed E-state index contributed by atoms with van der Waals surface area (Å²) >= 11 is 1.13. The number of aromatic carboxylic acids is 1. The van der Waals surface area contributed by atoms with E-state index in [0.29, 0.717) is 12.2 Å². The second-order valence-corrected chi connectivity index (χ2v) is 3.62. The number of thiophene rings is 1. The van der Waals surface area contributed by atoms with Gasteiger partial charge in [0.2, 0.25) is 5.91 Å². The van der Waals surface area contributed by atoms with Crippen LogP contribution in [0.2, 0.25) is 0 Å². The van der Waals surface area contributed by atoms with E-state index in [0.717, 1.165) is 11.3 Å². The first-order valence-corrected chi connectivity index (χ1v) is 5.04. The Kier molecular flexibility index (Phi) is 3.24. The van der Waals surface area contributed by atoms with Gasteiger partial charge in [0, 0.05) is 13.5 Å². The normalized spacial score (nSPS) is 9.86. The Morgan fingerprint density at radius 2 is 2.21 bits per heavy atom. The zero-order chi connectivity index (χ0) is 10.7. The third-order valence-corrected chi connectivity index (χ3v) is 2.72. The van der Waals surface area contributed by atoms with Gasteiger partial charge in [-0.3, -0.25) is 4.79 Å². The monoisotopic (exact) mass is 213 g/mol. The van der Waals surface area contributed by atoms with Gasteiger partial charge in [0.25, 0.3) is 0 Å². The van der Waals surface area contributed by atoms with Crippen molar-refractivity contribution in [2.75, 3.05) is 11.4 Å². The summed E-state index contributed by atoms with van der Waals surface area (Å²) in [6.07, 6.45) is 0. The topological polar surface area (TPSA) is 57.6 Å². The zero-order valence-electron chi connectivity index (χ0n) is 7.98. The van der Waals surface area contributed by atoms with E-state index in [1.54, 1.807) is 11.4 Å². The summed E-state index contributed by atoms with van der Waals surface area (Å²) < 4.78 is 0. The lowest BCUT2D eigenvalue weighted by Crippen LogP contribution is -2.28. The SMILES string of the molecule is CCN(C(C)=O)c1ccsc1C(=O)O. The minimum atomic E-state index is -0.991. The minimum Gasteiger partial charge on any atom is -0.477 e. The van der Waals surface area contributed by atoms with Gasteiger partial charge in [-0.1, -0.05) is 0 Å². The number of hydrogen-bond donors (Lipinski definition) is 1. The number of nitrogens with zero attached hydrogens (tertiary/aromatic N) is 1. The highest BCUT2D eigenvalue weighted by molar-refractivity contribution is 7.12. The van der Waals surface area contributed by atoms with Crippen LogP contribution in [0.5, 0.6) is 0 Å². The third kappa shape index (κ3) is 1.93. The van der Waals surface area contributed by atoms with Gasteiger partial charge in [-0.2, -0.15) is 0 Å². The maximum atomic E-state index is 11.2. The molecule has 0 saturated heterocycles. The first kappa shape index (κ1) is 10.7. The Hall–Kier alpha value is -1.36. The smallest absolute Gasteiger partial charge is 0.348 e. The summed E-state index contributed by atoms with van der Waals surface area (Å²) in [5.41, 5.74) is 0.484. The molecule has 76 valence electrons. The number of hydrogen-bond acceptors (Lipinski definition) is 3. The van der Waals surface area contributed by atoms with Crippen LogP contribution < -0.4 is 4.90 Å². The van der Waals surface area contributed by atoms with Gasteiger partial charge in [0.05, 0.1) is 5.69 Å². The molecule has 1 aromatic heterocycles. The molecule has 0 aromatic carbocycles. The van der Waals surface area contributed by atoms with Crippen LogP contribution in [0.4, 0.5) is 5.69 Å². The predicted molar refractivity (Wildman–Crippen MR) is 55.0 cm³/mol. The van der Waals surface area contributed by atoms with Gasteiger partial charge in [0.15, 0.2) is 0 Å². The van der Waals surface area contributed by atoms with Crippen molar-refractivity contribution >= 4 is 28.9 Å². The van der Waals surface area contributed by atoms with E-state index in [1.165, 1.54) is 11.8 Å². The maximum Gasteiger partial charge on any atom is 0.348 e. The van der Waals surface area contributed by atoms with Crippen LogP contribution in [0, 0.1) is 0 Å². The molecule has 0 saturated carbocycles. The van der Waals surface area contributed by atoms with E-state index in [-0.39, 0.29) is 10.8 Å². The molecule has 0 spiro atoms. The molecule has 14 heavy (non-hydrogen) atoms. The average molecular weight is 213 g/mol. The van der Waals surface area contributed by atoms with Gasteiger partial charge >= 0.3 is 5.97 Å². The molecule has 1 N–H and O–H groups in total. The van der Waals surface area contributed by atoms with E-state index < -0.39 is 5.97 Å². The quantitative estimate of drug-likeness (QED) is 0.833. The number of amides is 1. The lowest BCUT2D eigenvalue weighted by molar-refractivity contribution is -0.116. The van der Waals surface area contributed by atoms with Crippen LogP contribution in [0.1, 0.15) is 23.5 Å². The van der Waals surface area contributed by atoms with Gasteiger partial charge in [-0.15, -0.1) is 11.3 Å². The Bertz CT molecular complexity index is 359. The molecule has 1 aromatic rings. The van der Waals surface area contributed by atoms with E-state index in [9.17, 15) is 9.59 Å². The van der Waals surface area contributed by atoms with E-state index in [2.05, 4.69) is 0 Å². The summed E-state index contributed by atoms with van der Waals surface area (Å²) in [7, 11) is 0. The molecule has 0 aliphatic rings. The number of carboxylic acids is 1. The van der Waals surface area contributed by atoms with Crippen LogP contribution in [0.25, 0.3) is 0 Å². The molecule has 0 atom stereocenters. The van der Waals surface area contributed by atoms with Crippen LogP contribution in [-0.4, -0.2) is 23.5 Å². The fourth-order valence-corrected chi connectivity index (χ4v) is 1.97. The van der Waals surface area contributed by atoms with E-state index in [4.69, 9.17) is 5.11 Å². The fourth-order valence-electron chi connectivity index (χ4n) is 1.24. The number of anilines is 1. The Balaban J connectivity index is 3.10. The molecule has 5 heteroatoms. The van der Waals surface area contributed by atoms with Crippen molar-refractivity contribution in [3.63, 3.8) is 0 Å². The Morgan fingerprint density at radius 3 is 2.64 bits per heavy atom. The molecule has 0 aliphatic carbocycles. The zero-order valence-corrected chi connectivity index (χ0v) is 8.80. The van der Waals surface area contributed by atoms with E-state index >= 15 is 0 Å². The molecule has 1 heterocycles. The summed E-state index contributed by atoms with van der Waals surface area (Å²) in [6.45, 7) is 3.71. The van der Waals surface area contributed by atoms with Crippen molar-refractivity contribution in [3.05, 3.63) is 16.3 Å². The first-order chi connectivity index (χ1) is 6.57. The highest BCUT2D eigenvalue weighted by atomic mass is 32.1. The molecule has 0 bridgehead atoms. The number of rotatable bonds is 3. The van der Waals surface area contributed by atoms with Crippen molar-refractivity contribution < 1.29 is 14.7 Å². The van der Waals surface area contributed by atoms with Gasteiger partial charge < -0.3 is 10.0 Å². The second kappa shape index (κ2) is 4.23. The molecule has 1 rings (SSSR count).